The van der Waals surface area contributed by atoms with Crippen LogP contribution in [0, 0.1) is 5.95 Å². The Labute approximate surface area is 110 Å². The van der Waals surface area contributed by atoms with Gasteiger partial charge in [0.25, 0.3) is 0 Å². The van der Waals surface area contributed by atoms with Crippen molar-refractivity contribution >= 4 is 11.4 Å². The van der Waals surface area contributed by atoms with Crippen LogP contribution >= 0.6 is 0 Å². The third-order valence-electron chi connectivity index (χ3n) is 2.92. The summed E-state index contributed by atoms with van der Waals surface area (Å²) in [5, 5.41) is 2.76. The number of anilines is 2. The molecule has 1 heterocycles. The summed E-state index contributed by atoms with van der Waals surface area (Å²) >= 11 is 0. The van der Waals surface area contributed by atoms with E-state index >= 15 is 0 Å². The van der Waals surface area contributed by atoms with Gasteiger partial charge in [-0.05, 0) is 29.3 Å². The number of nitrogens with one attached hydrogen (secondary N) is 2. The molecule has 1 aromatic heterocycles. The molecule has 0 saturated carbocycles. The van der Waals surface area contributed by atoms with E-state index in [2.05, 4.69) is 15.7 Å². The lowest BCUT2D eigenvalue weighted by molar-refractivity contribution is 0.588. The van der Waals surface area contributed by atoms with Gasteiger partial charge >= 0.3 is 0 Å². The van der Waals surface area contributed by atoms with Gasteiger partial charge in [-0.3, -0.25) is 5.84 Å². The van der Waals surface area contributed by atoms with Crippen molar-refractivity contribution in [2.24, 2.45) is 11.6 Å². The van der Waals surface area contributed by atoms with Gasteiger partial charge in [0.15, 0.2) is 0 Å². The lowest BCUT2D eigenvalue weighted by atomic mass is 10.0. The number of nitrogens with zero attached hydrogens (tertiary/aromatic N) is 1. The largest absolute Gasteiger partial charge is 0.384 e. The van der Waals surface area contributed by atoms with Gasteiger partial charge in [-0.2, -0.15) is 4.39 Å². The SMILES string of the molecule is CNc1cc(-c2ccc(NN)c(CN)c2)cnc1F. The highest BCUT2D eigenvalue weighted by Crippen LogP contribution is 2.26. The van der Waals surface area contributed by atoms with Crippen molar-refractivity contribution in [2.45, 2.75) is 6.54 Å². The minimum absolute atomic E-state index is 0.354. The zero-order valence-electron chi connectivity index (χ0n) is 10.6. The van der Waals surface area contributed by atoms with Crippen LogP contribution in [-0.4, -0.2) is 12.0 Å². The van der Waals surface area contributed by atoms with Crippen molar-refractivity contribution in [3.05, 3.63) is 42.0 Å². The van der Waals surface area contributed by atoms with E-state index in [1.807, 2.05) is 18.2 Å². The Balaban J connectivity index is 2.47. The molecule has 100 valence electrons. The predicted molar refractivity (Wildman–Crippen MR) is 74.9 cm³/mol. The summed E-state index contributed by atoms with van der Waals surface area (Å²) in [5.41, 5.74) is 12.0. The zero-order chi connectivity index (χ0) is 13.8. The van der Waals surface area contributed by atoms with Crippen LogP contribution in [0.25, 0.3) is 11.1 Å². The fourth-order valence-corrected chi connectivity index (χ4v) is 1.86. The van der Waals surface area contributed by atoms with Crippen LogP contribution in [0.2, 0.25) is 0 Å². The smallest absolute Gasteiger partial charge is 0.236 e. The molecule has 6 N–H and O–H groups in total. The fourth-order valence-electron chi connectivity index (χ4n) is 1.86. The first-order valence-electron chi connectivity index (χ1n) is 5.83. The Kier molecular flexibility index (Phi) is 3.94. The van der Waals surface area contributed by atoms with Crippen molar-refractivity contribution in [3.8, 4) is 11.1 Å². The van der Waals surface area contributed by atoms with Gasteiger partial charge in [0, 0.05) is 25.4 Å². The molecule has 0 radical (unpaired) electrons. The minimum atomic E-state index is -0.523. The second-order valence-corrected chi connectivity index (χ2v) is 4.03. The van der Waals surface area contributed by atoms with Gasteiger partial charge in [0.1, 0.15) is 0 Å². The van der Waals surface area contributed by atoms with E-state index in [1.165, 1.54) is 6.20 Å². The summed E-state index contributed by atoms with van der Waals surface area (Å²) < 4.78 is 13.3. The predicted octanol–water partition coefficient (Wildman–Crippen LogP) is 1.67. The number of nitrogen functional groups attached to an aromatic ring is 1. The number of hydrogen-bond acceptors (Lipinski definition) is 5. The van der Waals surface area contributed by atoms with Gasteiger partial charge in [-0.1, -0.05) is 6.07 Å². The maximum Gasteiger partial charge on any atom is 0.236 e. The van der Waals surface area contributed by atoms with Crippen LogP contribution in [0.15, 0.2) is 30.5 Å². The summed E-state index contributed by atoms with van der Waals surface area (Å²) in [6, 6.07) is 7.32. The number of pyridine rings is 1. The second kappa shape index (κ2) is 5.64. The summed E-state index contributed by atoms with van der Waals surface area (Å²) in [6.07, 6.45) is 1.49. The first-order valence-corrected chi connectivity index (χ1v) is 5.83. The molecule has 1 aromatic carbocycles. The molecule has 0 saturated heterocycles. The van der Waals surface area contributed by atoms with Crippen LogP contribution in [-0.2, 0) is 6.54 Å². The van der Waals surface area contributed by atoms with E-state index in [0.29, 0.717) is 12.2 Å². The number of hydrazine groups is 1. The fraction of sp³-hybridized carbons (Fsp3) is 0.154. The quantitative estimate of drug-likeness (QED) is 0.382. The van der Waals surface area contributed by atoms with Crippen LogP contribution in [0.5, 0.6) is 0 Å². The molecule has 0 amide bonds. The number of benzene rings is 1. The second-order valence-electron chi connectivity index (χ2n) is 4.03. The third-order valence-corrected chi connectivity index (χ3v) is 2.92. The standard InChI is InChI=1S/C13H16FN5/c1-17-12-5-10(7-18-13(12)14)8-2-3-11(19-16)9(4-8)6-15/h2-5,7,17,19H,6,15-16H2,1H3. The van der Waals surface area contributed by atoms with Crippen molar-refractivity contribution in [2.75, 3.05) is 17.8 Å². The molecule has 5 nitrogen and oxygen atoms in total. The normalized spacial score (nSPS) is 10.3. The molecule has 0 atom stereocenters. The van der Waals surface area contributed by atoms with Crippen molar-refractivity contribution in [3.63, 3.8) is 0 Å². The molecular weight excluding hydrogens is 245 g/mol. The van der Waals surface area contributed by atoms with Crippen molar-refractivity contribution in [1.82, 2.24) is 4.98 Å². The number of nitrogens with two attached hydrogens (primary N) is 2. The number of halogens is 1. The van der Waals surface area contributed by atoms with Gasteiger partial charge in [-0.15, -0.1) is 0 Å². The van der Waals surface area contributed by atoms with E-state index in [0.717, 1.165) is 22.4 Å². The van der Waals surface area contributed by atoms with Gasteiger partial charge in [-0.25, -0.2) is 4.98 Å². The molecule has 2 rings (SSSR count). The van der Waals surface area contributed by atoms with Crippen molar-refractivity contribution < 1.29 is 4.39 Å². The molecule has 0 unspecified atom stereocenters. The molecule has 0 spiro atoms. The first kappa shape index (κ1) is 13.3. The molecule has 19 heavy (non-hydrogen) atoms. The molecule has 6 heteroatoms. The Morgan fingerprint density at radius 3 is 2.63 bits per heavy atom. The lowest BCUT2D eigenvalue weighted by Gasteiger charge is -2.10. The maximum absolute atomic E-state index is 13.3. The van der Waals surface area contributed by atoms with Gasteiger partial charge in [0.05, 0.1) is 11.4 Å². The van der Waals surface area contributed by atoms with E-state index in [-0.39, 0.29) is 0 Å². The summed E-state index contributed by atoms with van der Waals surface area (Å²) in [7, 11) is 1.65. The summed E-state index contributed by atoms with van der Waals surface area (Å²) in [6.45, 7) is 0.362. The molecule has 2 aromatic rings. The number of aromatic nitrogens is 1. The molecular formula is C13H16FN5. The Morgan fingerprint density at radius 2 is 2.00 bits per heavy atom. The number of hydrogen-bond donors (Lipinski definition) is 4. The number of rotatable bonds is 4. The first-order chi connectivity index (χ1) is 9.19. The average Bonchev–Trinajstić information content (AvgIpc) is 2.47. The highest BCUT2D eigenvalue weighted by atomic mass is 19.1. The van der Waals surface area contributed by atoms with Crippen LogP contribution in [0.3, 0.4) is 0 Å². The van der Waals surface area contributed by atoms with Crippen LogP contribution in [0.4, 0.5) is 15.8 Å². The van der Waals surface area contributed by atoms with Gasteiger partial charge < -0.3 is 16.5 Å². The monoisotopic (exact) mass is 261 g/mol. The Bertz CT molecular complexity index is 585. The summed E-state index contributed by atoms with van der Waals surface area (Å²) in [4.78, 5) is 3.72. The molecule has 0 fully saturated rings. The van der Waals surface area contributed by atoms with E-state index in [9.17, 15) is 4.39 Å². The molecule has 0 aliphatic heterocycles. The Morgan fingerprint density at radius 1 is 1.21 bits per heavy atom. The maximum atomic E-state index is 13.3. The minimum Gasteiger partial charge on any atom is -0.384 e. The summed E-state index contributed by atoms with van der Waals surface area (Å²) in [5.74, 6) is 4.88. The topological polar surface area (TPSA) is 89.0 Å². The zero-order valence-corrected chi connectivity index (χ0v) is 10.6. The van der Waals surface area contributed by atoms with Crippen molar-refractivity contribution in [1.29, 1.82) is 0 Å². The van der Waals surface area contributed by atoms with Gasteiger partial charge in [0.2, 0.25) is 5.95 Å². The molecule has 0 aliphatic carbocycles. The average molecular weight is 261 g/mol. The Hall–Kier alpha value is -2.18. The van der Waals surface area contributed by atoms with E-state index in [4.69, 9.17) is 11.6 Å². The van der Waals surface area contributed by atoms with Crippen LogP contribution in [0.1, 0.15) is 5.56 Å². The lowest BCUT2D eigenvalue weighted by Crippen LogP contribution is -2.11. The third kappa shape index (κ3) is 2.64. The highest BCUT2D eigenvalue weighted by molar-refractivity contribution is 5.70. The van der Waals surface area contributed by atoms with Crippen LogP contribution < -0.4 is 22.3 Å². The highest BCUT2D eigenvalue weighted by Gasteiger charge is 2.07. The molecule has 0 aliphatic rings. The van der Waals surface area contributed by atoms with E-state index in [1.54, 1.807) is 13.1 Å². The van der Waals surface area contributed by atoms with E-state index < -0.39 is 5.95 Å². The molecule has 0 bridgehead atoms.